The minimum Gasteiger partial charge on any atom is -0.228 e. The van der Waals surface area contributed by atoms with Gasteiger partial charge in [-0.3, -0.25) is 0 Å². The molecule has 0 atom stereocenters. The van der Waals surface area contributed by atoms with Crippen LogP contribution in [0.25, 0.3) is 255 Å². The highest BCUT2D eigenvalue weighted by Crippen LogP contribution is 2.45. The van der Waals surface area contributed by atoms with Crippen LogP contribution in [0, 0.1) is 0 Å². The van der Waals surface area contributed by atoms with Gasteiger partial charge in [0.15, 0.2) is 40.8 Å². The van der Waals surface area contributed by atoms with Gasteiger partial charge >= 0.3 is 0 Å². The lowest BCUT2D eigenvalue weighted by Gasteiger charge is -2.16. The molecule has 0 fully saturated rings. The summed E-state index contributed by atoms with van der Waals surface area (Å²) in [6.07, 6.45) is 0. The number of hydrogen-bond donors (Lipinski definition) is 0. The summed E-state index contributed by atoms with van der Waals surface area (Å²) in [6, 6.07) is 183. The van der Waals surface area contributed by atoms with Gasteiger partial charge in [0.1, 0.15) is 0 Å². The minimum atomic E-state index is 0.635. The average Bonchev–Trinajstić information content (AvgIpc) is 0.754. The van der Waals surface area contributed by atoms with E-state index in [1.807, 2.05) is 78.9 Å². The monoisotopic (exact) mass is 1780 g/mol. The first-order chi connectivity index (χ1) is 69.4. The third kappa shape index (κ3) is 17.0. The van der Waals surface area contributed by atoms with E-state index in [1.54, 1.807) is 0 Å². The predicted octanol–water partition coefficient (Wildman–Crippen LogP) is 34.5. The minimum absolute atomic E-state index is 0.635. The quantitative estimate of drug-likeness (QED) is 0.0935. The molecule has 26 aromatic rings. The summed E-state index contributed by atoms with van der Waals surface area (Å²) in [5, 5.41) is 19.5. The van der Waals surface area contributed by atoms with E-state index in [0.29, 0.717) is 34.9 Å². The van der Waals surface area contributed by atoms with Crippen molar-refractivity contribution in [3.8, 4) is 169 Å². The molecule has 23 aromatic carbocycles. The number of aromatic nitrogens is 8. The molecule has 0 amide bonds. The molecule has 0 saturated carbocycles. The zero-order chi connectivity index (χ0) is 93.0. The fourth-order valence-corrected chi connectivity index (χ4v) is 19.5. The number of nitrogens with zero attached hydrogens (tertiary/aromatic N) is 8. The van der Waals surface area contributed by atoms with E-state index in [1.165, 1.54) is 120 Å². The van der Waals surface area contributed by atoms with E-state index >= 15 is 0 Å². The SMILES string of the molecule is c1ccc(-c2ccc(-c3cc(-c4cccc5ccccc45)nc(-c4cc5ccccc5c5ccccc45)n3)cc2)cc1.c1ccc(-c2ccc(-c3nc(-c4ccc(-c5ccccc5)cc4)nc(-c4ccc(-c5cc6ccccc6c6ccccc56)cc4)n3)cc2)cc1.c1ccc(-c2nc(-c3ccccc3)nc(-c3cc(-c4cccc5ccccc45)cc(-c4cc5ccccc5c5ccccc45)c3)n2)cc1. The van der Waals surface area contributed by atoms with E-state index in [9.17, 15) is 0 Å². The topological polar surface area (TPSA) is 103 Å². The molecular formula is C132H86N8. The second-order valence-electron chi connectivity index (χ2n) is 35.1. The van der Waals surface area contributed by atoms with Gasteiger partial charge in [-0.25, -0.2) is 39.9 Å². The van der Waals surface area contributed by atoms with Crippen LogP contribution in [0.4, 0.5) is 0 Å². The van der Waals surface area contributed by atoms with Crippen LogP contribution in [0.2, 0.25) is 0 Å². The van der Waals surface area contributed by atoms with Crippen LogP contribution < -0.4 is 0 Å². The fourth-order valence-electron chi connectivity index (χ4n) is 19.5. The highest BCUT2D eigenvalue weighted by atomic mass is 15.0. The van der Waals surface area contributed by atoms with Gasteiger partial charge in [0, 0.05) is 50.1 Å². The van der Waals surface area contributed by atoms with Crippen LogP contribution >= 0.6 is 0 Å². The maximum Gasteiger partial charge on any atom is 0.164 e. The zero-order valence-electron chi connectivity index (χ0n) is 76.2. The summed E-state index contributed by atoms with van der Waals surface area (Å²) in [5.41, 5.74) is 24.6. The Bertz CT molecular complexity index is 8950. The van der Waals surface area contributed by atoms with Crippen LogP contribution in [-0.2, 0) is 0 Å². The molecule has 0 aliphatic rings. The van der Waals surface area contributed by atoms with Crippen LogP contribution in [0.1, 0.15) is 0 Å². The van der Waals surface area contributed by atoms with Crippen molar-refractivity contribution in [3.05, 3.63) is 522 Å². The molecule has 3 aromatic heterocycles. The van der Waals surface area contributed by atoms with Gasteiger partial charge in [0.05, 0.1) is 11.4 Å². The smallest absolute Gasteiger partial charge is 0.164 e. The summed E-state index contributed by atoms with van der Waals surface area (Å²) >= 11 is 0. The van der Waals surface area contributed by atoms with Gasteiger partial charge in [-0.2, -0.15) is 0 Å². The van der Waals surface area contributed by atoms with E-state index < -0.39 is 0 Å². The molecule has 26 rings (SSSR count). The van der Waals surface area contributed by atoms with Crippen molar-refractivity contribution < 1.29 is 0 Å². The summed E-state index contributed by atoms with van der Waals surface area (Å²) < 4.78 is 0. The van der Waals surface area contributed by atoms with Gasteiger partial charge < -0.3 is 0 Å². The first-order valence-corrected chi connectivity index (χ1v) is 47.3. The average molecular weight is 1780 g/mol. The summed E-state index contributed by atoms with van der Waals surface area (Å²) in [4.78, 5) is 40.8. The molecule has 140 heavy (non-hydrogen) atoms. The number of fused-ring (bicyclic) bond motifs is 11. The lowest BCUT2D eigenvalue weighted by molar-refractivity contribution is 1.07. The van der Waals surface area contributed by atoms with Crippen molar-refractivity contribution in [1.29, 1.82) is 0 Å². The van der Waals surface area contributed by atoms with Crippen molar-refractivity contribution in [3.63, 3.8) is 0 Å². The normalized spacial score (nSPS) is 11.3. The Morgan fingerprint density at radius 1 is 0.0929 bits per heavy atom. The first-order valence-electron chi connectivity index (χ1n) is 47.3. The zero-order valence-corrected chi connectivity index (χ0v) is 76.2. The molecule has 0 N–H and O–H groups in total. The Balaban J connectivity index is 0.000000114. The van der Waals surface area contributed by atoms with Crippen molar-refractivity contribution in [1.82, 2.24) is 39.9 Å². The third-order valence-electron chi connectivity index (χ3n) is 26.5. The standard InChI is InChI=1S/C47H31N3.C45H29N3.C40H26N2/c1-3-11-32(12-4-1)34-19-25-37(26-20-34)45-48-46(38-27-21-35(22-28-38)33-13-5-2-6-14-33)50-47(49-45)39-29-23-36(24-30-39)44-31-40-15-7-8-16-41(40)42-17-9-10-18-43(42)44;1-3-15-31(16-4-1)43-46-44(32-17-5-2-6-18-32)48-45(47-43)36-27-34(39-25-13-20-30-14-7-9-21-37(30)39)26-35(28-36)42-29-33-19-8-10-22-38(33)40-23-11-12-24-41(40)42;1-2-11-27(12-3-1)28-21-23-30(24-22-28)38-26-39(36-20-10-15-29-13-4-6-16-32(29)36)42-40(41-38)37-25-31-14-5-7-17-33(31)34-18-8-9-19-35(34)37/h1-31H;1-29H;1-26H. The van der Waals surface area contributed by atoms with Gasteiger partial charge in [0.2, 0.25) is 0 Å². The molecule has 0 spiro atoms. The summed E-state index contributed by atoms with van der Waals surface area (Å²) in [7, 11) is 0. The lowest BCUT2D eigenvalue weighted by atomic mass is 9.89. The van der Waals surface area contributed by atoms with E-state index in [4.69, 9.17) is 39.9 Å². The molecule has 8 heteroatoms. The lowest BCUT2D eigenvalue weighted by Crippen LogP contribution is -2.00. The molecule has 0 bridgehead atoms. The van der Waals surface area contributed by atoms with Gasteiger partial charge in [-0.1, -0.05) is 479 Å². The molecule has 0 aliphatic heterocycles. The second-order valence-corrected chi connectivity index (χ2v) is 35.1. The predicted molar refractivity (Wildman–Crippen MR) is 583 cm³/mol. The van der Waals surface area contributed by atoms with E-state index in [0.717, 1.165) is 100 Å². The first kappa shape index (κ1) is 84.3. The molecule has 0 aliphatic carbocycles. The Morgan fingerprint density at radius 2 is 0.329 bits per heavy atom. The van der Waals surface area contributed by atoms with E-state index in [2.05, 4.69) is 443 Å². The third-order valence-corrected chi connectivity index (χ3v) is 26.5. The van der Waals surface area contributed by atoms with Gasteiger partial charge in [0.25, 0.3) is 0 Å². The maximum atomic E-state index is 5.26. The molecule has 654 valence electrons. The number of rotatable bonds is 15. The van der Waals surface area contributed by atoms with Gasteiger partial charge in [-0.05, 0) is 195 Å². The van der Waals surface area contributed by atoms with Gasteiger partial charge in [-0.15, -0.1) is 0 Å². The second kappa shape index (κ2) is 37.6. The maximum absolute atomic E-state index is 5.26. The Kier molecular flexibility index (Phi) is 22.6. The summed E-state index contributed by atoms with van der Waals surface area (Å²) in [6.45, 7) is 0. The molecule has 0 saturated heterocycles. The van der Waals surface area contributed by atoms with Crippen molar-refractivity contribution in [2.75, 3.05) is 0 Å². The fraction of sp³-hybridized carbons (Fsp3) is 0. The molecule has 0 unspecified atom stereocenters. The number of hydrogen-bond acceptors (Lipinski definition) is 8. The van der Waals surface area contributed by atoms with Crippen LogP contribution in [-0.4, -0.2) is 39.9 Å². The Labute approximate surface area is 811 Å². The van der Waals surface area contributed by atoms with E-state index in [-0.39, 0.29) is 0 Å². The van der Waals surface area contributed by atoms with Crippen LogP contribution in [0.15, 0.2) is 522 Å². The molecule has 0 radical (unpaired) electrons. The van der Waals surface area contributed by atoms with Crippen LogP contribution in [0.5, 0.6) is 0 Å². The highest BCUT2D eigenvalue weighted by Gasteiger charge is 2.23. The molecule has 3 heterocycles. The highest BCUT2D eigenvalue weighted by molar-refractivity contribution is 6.17. The largest absolute Gasteiger partial charge is 0.228 e. The Hall–Kier alpha value is -18.8. The Morgan fingerprint density at radius 3 is 0.721 bits per heavy atom. The molecule has 8 nitrogen and oxygen atoms in total. The molecular weight excluding hydrogens is 1700 g/mol. The van der Waals surface area contributed by atoms with Crippen molar-refractivity contribution in [2.45, 2.75) is 0 Å². The van der Waals surface area contributed by atoms with Crippen molar-refractivity contribution in [2.24, 2.45) is 0 Å². The number of benzene rings is 23. The summed E-state index contributed by atoms with van der Waals surface area (Å²) in [5.74, 6) is 4.57. The van der Waals surface area contributed by atoms with Crippen LogP contribution in [0.3, 0.4) is 0 Å². The van der Waals surface area contributed by atoms with Crippen molar-refractivity contribution >= 4 is 86.2 Å².